The molecule has 0 bridgehead atoms. The SMILES string of the molecule is c1ccc(C2(c3ccccc3)c3ccccc3-c3c2ccc2cc(-c4cccc5c(-c6ccc7ccc8cccnc8c7n6)cccc45)ccc32)cc1. The maximum atomic E-state index is 5.21. The van der Waals surface area contributed by atoms with Crippen LogP contribution in [-0.4, -0.2) is 9.97 Å². The van der Waals surface area contributed by atoms with Crippen LogP contribution in [0.2, 0.25) is 0 Å². The molecule has 0 spiro atoms. The number of hydrogen-bond donors (Lipinski definition) is 0. The van der Waals surface area contributed by atoms with E-state index in [1.165, 1.54) is 66.1 Å². The van der Waals surface area contributed by atoms with E-state index in [2.05, 4.69) is 182 Å². The van der Waals surface area contributed by atoms with E-state index in [9.17, 15) is 0 Å². The number of pyridine rings is 2. The van der Waals surface area contributed by atoms with Crippen LogP contribution in [0.15, 0.2) is 194 Å². The minimum Gasteiger partial charge on any atom is -0.254 e. The zero-order valence-corrected chi connectivity index (χ0v) is 28.9. The normalized spacial score (nSPS) is 13.1. The highest BCUT2D eigenvalue weighted by atomic mass is 14.8. The molecule has 246 valence electrons. The second-order valence-corrected chi connectivity index (χ2v) is 14.1. The summed E-state index contributed by atoms with van der Waals surface area (Å²) in [6, 6.07) is 68.6. The maximum absolute atomic E-state index is 5.21. The molecular weight excluding hydrogens is 641 g/mol. The first-order valence-electron chi connectivity index (χ1n) is 18.2. The van der Waals surface area contributed by atoms with Gasteiger partial charge in [0.05, 0.1) is 22.1 Å². The Kier molecular flexibility index (Phi) is 6.50. The molecule has 2 heteroatoms. The van der Waals surface area contributed by atoms with Crippen molar-refractivity contribution < 1.29 is 0 Å². The Hall–Kier alpha value is -6.90. The molecule has 10 aromatic rings. The van der Waals surface area contributed by atoms with Crippen LogP contribution in [0.5, 0.6) is 0 Å². The standard InChI is InChI=1S/C51H32N2/c1-3-13-37(14-4-1)51(38-15-5-2-6-16-38)45-22-8-7-17-44(45)48-40-28-25-35(32-36(40)26-29-46(48)51)39-18-9-20-42-41(39)19-10-21-43(42)47-30-27-34-24-23-33-12-11-31-52-49(33)50(34)53-47/h1-32H. The Morgan fingerprint density at radius 2 is 1.02 bits per heavy atom. The molecule has 1 aliphatic carbocycles. The van der Waals surface area contributed by atoms with Gasteiger partial charge in [-0.1, -0.05) is 170 Å². The molecular formula is C51H32N2. The molecule has 11 rings (SSSR count). The van der Waals surface area contributed by atoms with Crippen molar-refractivity contribution in [2.24, 2.45) is 0 Å². The molecule has 0 saturated carbocycles. The lowest BCUT2D eigenvalue weighted by Crippen LogP contribution is -2.28. The average Bonchev–Trinajstić information content (AvgIpc) is 3.55. The quantitative estimate of drug-likeness (QED) is 0.174. The summed E-state index contributed by atoms with van der Waals surface area (Å²) in [5, 5.41) is 7.09. The van der Waals surface area contributed by atoms with E-state index in [0.29, 0.717) is 0 Å². The van der Waals surface area contributed by atoms with Gasteiger partial charge in [-0.05, 0) is 84.3 Å². The molecule has 0 fully saturated rings. The van der Waals surface area contributed by atoms with Crippen LogP contribution < -0.4 is 0 Å². The number of fused-ring (bicyclic) bond motifs is 9. The van der Waals surface area contributed by atoms with Gasteiger partial charge in [-0.25, -0.2) is 4.98 Å². The summed E-state index contributed by atoms with van der Waals surface area (Å²) < 4.78 is 0. The smallest absolute Gasteiger partial charge is 0.0972 e. The third-order valence-corrected chi connectivity index (χ3v) is 11.4. The van der Waals surface area contributed by atoms with Gasteiger partial charge in [0, 0.05) is 22.5 Å². The van der Waals surface area contributed by atoms with Gasteiger partial charge in [-0.3, -0.25) is 4.98 Å². The largest absolute Gasteiger partial charge is 0.254 e. The molecule has 8 aromatic carbocycles. The van der Waals surface area contributed by atoms with Crippen LogP contribution in [-0.2, 0) is 5.41 Å². The van der Waals surface area contributed by atoms with Gasteiger partial charge in [0.2, 0.25) is 0 Å². The van der Waals surface area contributed by atoms with E-state index in [-0.39, 0.29) is 0 Å². The Bertz CT molecular complexity index is 3020. The fourth-order valence-corrected chi connectivity index (χ4v) is 9.10. The van der Waals surface area contributed by atoms with Gasteiger partial charge in [0.1, 0.15) is 0 Å². The first-order valence-corrected chi connectivity index (χ1v) is 18.2. The van der Waals surface area contributed by atoms with Crippen LogP contribution >= 0.6 is 0 Å². The van der Waals surface area contributed by atoms with Crippen molar-refractivity contribution >= 4 is 43.4 Å². The summed E-state index contributed by atoms with van der Waals surface area (Å²) in [4.78, 5) is 9.91. The number of nitrogens with zero attached hydrogens (tertiary/aromatic N) is 2. The Morgan fingerprint density at radius 3 is 1.81 bits per heavy atom. The van der Waals surface area contributed by atoms with Crippen molar-refractivity contribution in [3.8, 4) is 33.5 Å². The summed E-state index contributed by atoms with van der Waals surface area (Å²) >= 11 is 0. The van der Waals surface area contributed by atoms with Gasteiger partial charge >= 0.3 is 0 Å². The van der Waals surface area contributed by atoms with Crippen LogP contribution in [0.3, 0.4) is 0 Å². The summed E-state index contributed by atoms with van der Waals surface area (Å²) in [5.41, 5.74) is 13.8. The summed E-state index contributed by atoms with van der Waals surface area (Å²) in [6.07, 6.45) is 1.85. The molecule has 53 heavy (non-hydrogen) atoms. The van der Waals surface area contributed by atoms with E-state index in [1.54, 1.807) is 0 Å². The molecule has 0 N–H and O–H groups in total. The molecule has 2 heterocycles. The molecule has 1 aliphatic rings. The lowest BCUT2D eigenvalue weighted by molar-refractivity contribution is 0.769. The predicted molar refractivity (Wildman–Crippen MR) is 220 cm³/mol. The second-order valence-electron chi connectivity index (χ2n) is 14.1. The van der Waals surface area contributed by atoms with E-state index in [1.807, 2.05) is 12.3 Å². The predicted octanol–water partition coefficient (Wildman–Crippen LogP) is 12.8. The van der Waals surface area contributed by atoms with Crippen molar-refractivity contribution in [1.29, 1.82) is 0 Å². The molecule has 2 nitrogen and oxygen atoms in total. The first-order chi connectivity index (χ1) is 26.3. The van der Waals surface area contributed by atoms with E-state index >= 15 is 0 Å². The summed E-state index contributed by atoms with van der Waals surface area (Å²) in [5.74, 6) is 0. The molecule has 0 unspecified atom stereocenters. The second kappa shape index (κ2) is 11.6. The topological polar surface area (TPSA) is 25.8 Å². The van der Waals surface area contributed by atoms with Crippen LogP contribution in [0.25, 0.3) is 76.9 Å². The van der Waals surface area contributed by atoms with Gasteiger partial charge in [-0.2, -0.15) is 0 Å². The van der Waals surface area contributed by atoms with E-state index < -0.39 is 5.41 Å². The van der Waals surface area contributed by atoms with E-state index in [0.717, 1.165) is 33.1 Å². The zero-order chi connectivity index (χ0) is 34.9. The highest BCUT2D eigenvalue weighted by Crippen LogP contribution is 2.57. The van der Waals surface area contributed by atoms with Crippen LogP contribution in [0.4, 0.5) is 0 Å². The number of hydrogen-bond acceptors (Lipinski definition) is 2. The van der Waals surface area contributed by atoms with Gasteiger partial charge in [-0.15, -0.1) is 0 Å². The Morgan fingerprint density at radius 1 is 0.377 bits per heavy atom. The minimum atomic E-state index is -0.410. The number of aromatic nitrogens is 2. The van der Waals surface area contributed by atoms with Crippen molar-refractivity contribution in [1.82, 2.24) is 9.97 Å². The molecule has 0 radical (unpaired) electrons. The van der Waals surface area contributed by atoms with Gasteiger partial charge in [0.25, 0.3) is 0 Å². The minimum absolute atomic E-state index is 0.410. The van der Waals surface area contributed by atoms with Crippen molar-refractivity contribution in [2.45, 2.75) is 5.41 Å². The highest BCUT2D eigenvalue weighted by Gasteiger charge is 2.46. The fraction of sp³-hybridized carbons (Fsp3) is 0.0196. The monoisotopic (exact) mass is 672 g/mol. The van der Waals surface area contributed by atoms with Crippen molar-refractivity contribution in [2.75, 3.05) is 0 Å². The fourth-order valence-electron chi connectivity index (χ4n) is 9.10. The Balaban J connectivity index is 1.09. The van der Waals surface area contributed by atoms with E-state index in [4.69, 9.17) is 9.97 Å². The zero-order valence-electron chi connectivity index (χ0n) is 28.9. The molecule has 0 saturated heterocycles. The lowest BCUT2D eigenvalue weighted by atomic mass is 9.67. The summed E-state index contributed by atoms with van der Waals surface area (Å²) in [7, 11) is 0. The number of benzene rings is 8. The summed E-state index contributed by atoms with van der Waals surface area (Å²) in [6.45, 7) is 0. The van der Waals surface area contributed by atoms with Crippen LogP contribution in [0.1, 0.15) is 22.3 Å². The van der Waals surface area contributed by atoms with Crippen LogP contribution in [0, 0.1) is 0 Å². The molecule has 0 aliphatic heterocycles. The van der Waals surface area contributed by atoms with Gasteiger partial charge < -0.3 is 0 Å². The third-order valence-electron chi connectivity index (χ3n) is 11.4. The third kappa shape index (κ3) is 4.33. The maximum Gasteiger partial charge on any atom is 0.0972 e. The van der Waals surface area contributed by atoms with Gasteiger partial charge in [0.15, 0.2) is 0 Å². The first kappa shape index (κ1) is 29.8. The average molecular weight is 673 g/mol. The van der Waals surface area contributed by atoms with Crippen molar-refractivity contribution in [3.05, 3.63) is 217 Å². The molecule has 2 aromatic heterocycles. The Labute approximate surface area is 307 Å². The molecule has 0 amide bonds. The number of rotatable bonds is 4. The highest BCUT2D eigenvalue weighted by molar-refractivity contribution is 6.09. The molecule has 0 atom stereocenters. The lowest BCUT2D eigenvalue weighted by Gasteiger charge is -2.33. The van der Waals surface area contributed by atoms with Crippen molar-refractivity contribution in [3.63, 3.8) is 0 Å².